The van der Waals surface area contributed by atoms with Gasteiger partial charge in [-0.1, -0.05) is 12.1 Å². The highest BCUT2D eigenvalue weighted by molar-refractivity contribution is 7.90. The first kappa shape index (κ1) is 19.5. The zero-order valence-corrected chi connectivity index (χ0v) is 14.9. The molecular formula is C17H19NO7S. The van der Waals surface area contributed by atoms with Gasteiger partial charge in [0.1, 0.15) is 5.75 Å². The molecule has 1 aromatic carbocycles. The lowest BCUT2D eigenvalue weighted by Crippen LogP contribution is -2.22. The summed E-state index contributed by atoms with van der Waals surface area (Å²) in [6.45, 7) is 0.538. The number of sulfone groups is 1. The molecule has 1 heterocycles. The molecule has 1 amide bonds. The molecule has 0 unspecified atom stereocenters. The van der Waals surface area contributed by atoms with Gasteiger partial charge >= 0.3 is 5.97 Å². The molecular weight excluding hydrogens is 362 g/mol. The lowest BCUT2D eigenvalue weighted by Gasteiger charge is -2.07. The molecule has 0 atom stereocenters. The summed E-state index contributed by atoms with van der Waals surface area (Å²) in [6.07, 6.45) is 1.47. The summed E-state index contributed by atoms with van der Waals surface area (Å²) in [5, 5.41) is 10.9. The molecule has 9 heteroatoms. The third-order valence-electron chi connectivity index (χ3n) is 3.35. The first-order valence-corrected chi connectivity index (χ1v) is 9.66. The molecule has 0 saturated heterocycles. The van der Waals surface area contributed by atoms with Gasteiger partial charge in [-0.3, -0.25) is 9.59 Å². The van der Waals surface area contributed by atoms with Crippen LogP contribution >= 0.6 is 0 Å². The van der Waals surface area contributed by atoms with Gasteiger partial charge in [0.15, 0.2) is 5.76 Å². The van der Waals surface area contributed by atoms with Gasteiger partial charge in [0.2, 0.25) is 14.9 Å². The van der Waals surface area contributed by atoms with Crippen LogP contribution in [0.25, 0.3) is 0 Å². The highest BCUT2D eigenvalue weighted by atomic mass is 32.2. The number of hydrogen-bond acceptors (Lipinski definition) is 6. The van der Waals surface area contributed by atoms with Crippen LogP contribution in [-0.4, -0.2) is 38.3 Å². The number of carboxylic acid groups (broad SMARTS) is 1. The van der Waals surface area contributed by atoms with Crippen LogP contribution in [0, 0.1) is 0 Å². The second kappa shape index (κ2) is 8.52. The number of hydrogen-bond donors (Lipinski definition) is 2. The molecule has 0 spiro atoms. The minimum Gasteiger partial charge on any atom is -0.494 e. The maximum Gasteiger partial charge on any atom is 0.303 e. The van der Waals surface area contributed by atoms with Crippen molar-refractivity contribution in [2.45, 2.75) is 24.5 Å². The quantitative estimate of drug-likeness (QED) is 0.636. The Balaban J connectivity index is 1.82. The maximum atomic E-state index is 12.0. The molecule has 0 aliphatic rings. The predicted molar refractivity (Wildman–Crippen MR) is 91.8 cm³/mol. The van der Waals surface area contributed by atoms with E-state index in [0.717, 1.165) is 11.8 Å². The standard InChI is InChI=1S/C17H19NO7S/c1-26(22,23)16-9-8-14(25-16)17(21)18-11-12-4-6-13(7-5-12)24-10-2-3-15(19)20/h4-9H,2-3,10-11H2,1H3,(H,18,21)(H,19,20). The molecule has 1 aromatic heterocycles. The summed E-state index contributed by atoms with van der Waals surface area (Å²) in [4.78, 5) is 22.4. The van der Waals surface area contributed by atoms with Crippen molar-refractivity contribution in [2.75, 3.05) is 12.9 Å². The number of amides is 1. The van der Waals surface area contributed by atoms with Crippen LogP contribution in [0.5, 0.6) is 5.75 Å². The second-order valence-corrected chi connectivity index (χ2v) is 7.51. The monoisotopic (exact) mass is 381 g/mol. The van der Waals surface area contributed by atoms with Gasteiger partial charge in [0.05, 0.1) is 6.61 Å². The Hall–Kier alpha value is -2.81. The van der Waals surface area contributed by atoms with Crippen molar-refractivity contribution in [3.8, 4) is 5.75 Å². The molecule has 26 heavy (non-hydrogen) atoms. The minimum absolute atomic E-state index is 0.0535. The fourth-order valence-electron chi connectivity index (χ4n) is 2.03. The molecule has 0 fully saturated rings. The van der Waals surface area contributed by atoms with Crippen LogP contribution in [0.15, 0.2) is 45.9 Å². The highest BCUT2D eigenvalue weighted by Crippen LogP contribution is 2.15. The summed E-state index contributed by atoms with van der Waals surface area (Å²) >= 11 is 0. The number of carbonyl (C=O) groups excluding carboxylic acids is 1. The molecule has 2 aromatic rings. The SMILES string of the molecule is CS(=O)(=O)c1ccc(C(=O)NCc2ccc(OCCCC(=O)O)cc2)o1. The average molecular weight is 381 g/mol. The number of benzene rings is 1. The molecule has 140 valence electrons. The number of furan rings is 1. The van der Waals surface area contributed by atoms with E-state index in [9.17, 15) is 18.0 Å². The first-order valence-electron chi connectivity index (χ1n) is 7.77. The summed E-state index contributed by atoms with van der Waals surface area (Å²) in [7, 11) is -3.50. The molecule has 0 saturated carbocycles. The number of rotatable bonds is 9. The van der Waals surface area contributed by atoms with Crippen molar-refractivity contribution in [1.82, 2.24) is 5.32 Å². The normalized spacial score (nSPS) is 11.1. The summed E-state index contributed by atoms with van der Waals surface area (Å²) in [5.41, 5.74) is 0.811. The number of nitrogens with one attached hydrogen (secondary N) is 1. The fraction of sp³-hybridized carbons (Fsp3) is 0.294. The van der Waals surface area contributed by atoms with Crippen LogP contribution in [0.2, 0.25) is 0 Å². The minimum atomic E-state index is -3.50. The van der Waals surface area contributed by atoms with Crippen molar-refractivity contribution in [2.24, 2.45) is 0 Å². The lowest BCUT2D eigenvalue weighted by molar-refractivity contribution is -0.137. The first-order chi connectivity index (χ1) is 12.3. The highest BCUT2D eigenvalue weighted by Gasteiger charge is 2.16. The van der Waals surface area contributed by atoms with E-state index in [1.807, 2.05) is 0 Å². The number of carboxylic acids is 1. The Labute approximate surface area is 150 Å². The van der Waals surface area contributed by atoms with Crippen LogP contribution in [0.3, 0.4) is 0 Å². The van der Waals surface area contributed by atoms with Crippen LogP contribution in [-0.2, 0) is 21.2 Å². The summed E-state index contributed by atoms with van der Waals surface area (Å²) in [6, 6.07) is 9.50. The van der Waals surface area contributed by atoms with Gasteiger partial charge in [0.25, 0.3) is 5.91 Å². The van der Waals surface area contributed by atoms with Crippen molar-refractivity contribution in [1.29, 1.82) is 0 Å². The summed E-state index contributed by atoms with van der Waals surface area (Å²) < 4.78 is 33.1. The zero-order chi connectivity index (χ0) is 19.2. The van der Waals surface area contributed by atoms with Crippen molar-refractivity contribution >= 4 is 21.7 Å². The Morgan fingerprint density at radius 3 is 2.42 bits per heavy atom. The number of aliphatic carboxylic acids is 1. The third-order valence-corrected chi connectivity index (χ3v) is 4.30. The zero-order valence-electron chi connectivity index (χ0n) is 14.1. The van der Waals surface area contributed by atoms with Gasteiger partial charge in [-0.15, -0.1) is 0 Å². The van der Waals surface area contributed by atoms with E-state index >= 15 is 0 Å². The Bertz CT molecular complexity index is 869. The van der Waals surface area contributed by atoms with E-state index < -0.39 is 21.7 Å². The van der Waals surface area contributed by atoms with Gasteiger partial charge in [-0.2, -0.15) is 0 Å². The van der Waals surface area contributed by atoms with Gasteiger partial charge < -0.3 is 19.6 Å². The molecule has 0 aliphatic heterocycles. The van der Waals surface area contributed by atoms with Crippen molar-refractivity contribution in [3.63, 3.8) is 0 Å². The van der Waals surface area contributed by atoms with Gasteiger partial charge in [-0.05, 0) is 36.2 Å². The maximum absolute atomic E-state index is 12.0. The molecule has 0 radical (unpaired) electrons. The predicted octanol–water partition coefficient (Wildman–Crippen LogP) is 1.86. The lowest BCUT2D eigenvalue weighted by atomic mass is 10.2. The topological polar surface area (TPSA) is 123 Å². The smallest absolute Gasteiger partial charge is 0.303 e. The van der Waals surface area contributed by atoms with E-state index in [4.69, 9.17) is 14.3 Å². The summed E-state index contributed by atoms with van der Waals surface area (Å²) in [5.74, 6) is -0.855. The second-order valence-electron chi connectivity index (χ2n) is 5.56. The van der Waals surface area contributed by atoms with E-state index in [-0.39, 0.29) is 23.8 Å². The van der Waals surface area contributed by atoms with E-state index in [0.29, 0.717) is 18.8 Å². The Morgan fingerprint density at radius 1 is 1.15 bits per heavy atom. The number of carbonyl (C=O) groups is 2. The fourth-order valence-corrected chi connectivity index (χ4v) is 2.58. The van der Waals surface area contributed by atoms with E-state index in [2.05, 4.69) is 5.32 Å². The van der Waals surface area contributed by atoms with Crippen LogP contribution < -0.4 is 10.1 Å². The van der Waals surface area contributed by atoms with Crippen LogP contribution in [0.4, 0.5) is 0 Å². The van der Waals surface area contributed by atoms with E-state index in [1.54, 1.807) is 24.3 Å². The van der Waals surface area contributed by atoms with Crippen molar-refractivity contribution in [3.05, 3.63) is 47.7 Å². The molecule has 2 N–H and O–H groups in total. The largest absolute Gasteiger partial charge is 0.494 e. The molecule has 2 rings (SSSR count). The average Bonchev–Trinajstić information content (AvgIpc) is 3.08. The Kier molecular flexibility index (Phi) is 6.40. The van der Waals surface area contributed by atoms with Gasteiger partial charge in [-0.25, -0.2) is 8.42 Å². The Morgan fingerprint density at radius 2 is 1.85 bits per heavy atom. The third kappa shape index (κ3) is 5.92. The molecule has 0 bridgehead atoms. The van der Waals surface area contributed by atoms with Gasteiger partial charge in [0, 0.05) is 19.2 Å². The van der Waals surface area contributed by atoms with Crippen LogP contribution in [0.1, 0.15) is 29.0 Å². The molecule has 0 aliphatic carbocycles. The number of ether oxygens (including phenoxy) is 1. The van der Waals surface area contributed by atoms with E-state index in [1.165, 1.54) is 12.1 Å². The molecule has 8 nitrogen and oxygen atoms in total. The van der Waals surface area contributed by atoms with Crippen molar-refractivity contribution < 1.29 is 32.3 Å².